The van der Waals surface area contributed by atoms with Gasteiger partial charge in [-0.25, -0.2) is 0 Å². The Balaban J connectivity index is 1.84. The van der Waals surface area contributed by atoms with Crippen LogP contribution in [0.4, 0.5) is 0 Å². The molecule has 5 heteroatoms. The third kappa shape index (κ3) is 4.43. The number of likely N-dealkylation sites (tertiary alicyclic amines) is 1. The van der Waals surface area contributed by atoms with E-state index in [0.29, 0.717) is 6.54 Å². The van der Waals surface area contributed by atoms with E-state index in [2.05, 4.69) is 24.5 Å². The molecule has 0 bridgehead atoms. The molecular weight excluding hydrogens is 266 g/mol. The minimum absolute atomic E-state index is 0.0224. The highest BCUT2D eigenvalue weighted by Gasteiger charge is 2.32. The number of amides is 2. The van der Waals surface area contributed by atoms with Gasteiger partial charge in [0.1, 0.15) is 0 Å². The number of carbonyl (C=O) groups is 2. The highest BCUT2D eigenvalue weighted by molar-refractivity contribution is 5.84. The van der Waals surface area contributed by atoms with E-state index in [-0.39, 0.29) is 29.8 Å². The Hall–Kier alpha value is -1.10. The van der Waals surface area contributed by atoms with E-state index in [9.17, 15) is 9.59 Å². The molecule has 0 aromatic rings. The van der Waals surface area contributed by atoms with Crippen LogP contribution in [-0.2, 0) is 9.59 Å². The van der Waals surface area contributed by atoms with E-state index < -0.39 is 0 Å². The normalized spacial score (nSPS) is 27.4. The largest absolute Gasteiger partial charge is 0.353 e. The average molecular weight is 295 g/mol. The summed E-state index contributed by atoms with van der Waals surface area (Å²) in [6, 6.07) is 0.205. The standard InChI is InChI=1S/C16H29N3O2/c1-3-6-12(2)18-15(20)13-7-5-10-19(11-13)16(21)14-8-4-9-17-14/h12-14,17H,3-11H2,1-2H3,(H,18,20). The van der Waals surface area contributed by atoms with Gasteiger partial charge < -0.3 is 15.5 Å². The lowest BCUT2D eigenvalue weighted by atomic mass is 9.96. The van der Waals surface area contributed by atoms with Crippen molar-refractivity contribution in [3.05, 3.63) is 0 Å². The van der Waals surface area contributed by atoms with Gasteiger partial charge in [0.2, 0.25) is 11.8 Å². The van der Waals surface area contributed by atoms with Crippen LogP contribution in [0.5, 0.6) is 0 Å². The van der Waals surface area contributed by atoms with Crippen molar-refractivity contribution in [1.82, 2.24) is 15.5 Å². The number of nitrogens with zero attached hydrogens (tertiary/aromatic N) is 1. The molecule has 0 radical (unpaired) electrons. The van der Waals surface area contributed by atoms with Crippen LogP contribution in [0.25, 0.3) is 0 Å². The zero-order valence-electron chi connectivity index (χ0n) is 13.4. The molecule has 21 heavy (non-hydrogen) atoms. The van der Waals surface area contributed by atoms with Crippen molar-refractivity contribution in [2.24, 2.45) is 5.92 Å². The van der Waals surface area contributed by atoms with Crippen LogP contribution in [0.3, 0.4) is 0 Å². The maximum absolute atomic E-state index is 12.4. The zero-order valence-corrected chi connectivity index (χ0v) is 13.4. The fourth-order valence-electron chi connectivity index (χ4n) is 3.37. The van der Waals surface area contributed by atoms with Gasteiger partial charge in [0.15, 0.2) is 0 Å². The number of hydrogen-bond acceptors (Lipinski definition) is 3. The molecule has 120 valence electrons. The summed E-state index contributed by atoms with van der Waals surface area (Å²) in [6.07, 6.45) is 5.91. The first-order chi connectivity index (χ1) is 10.1. The van der Waals surface area contributed by atoms with Crippen LogP contribution in [0.15, 0.2) is 0 Å². The van der Waals surface area contributed by atoms with Gasteiger partial charge in [-0.3, -0.25) is 9.59 Å². The molecule has 2 N–H and O–H groups in total. The average Bonchev–Trinajstić information content (AvgIpc) is 3.01. The molecule has 2 rings (SSSR count). The second-order valence-corrected chi connectivity index (χ2v) is 6.47. The van der Waals surface area contributed by atoms with Gasteiger partial charge in [0.25, 0.3) is 0 Å². The fourth-order valence-corrected chi connectivity index (χ4v) is 3.37. The number of carbonyl (C=O) groups excluding carboxylic acids is 2. The Labute approximate surface area is 127 Å². The minimum Gasteiger partial charge on any atom is -0.353 e. The van der Waals surface area contributed by atoms with Crippen LogP contribution < -0.4 is 10.6 Å². The van der Waals surface area contributed by atoms with Gasteiger partial charge in [-0.15, -0.1) is 0 Å². The number of nitrogens with one attached hydrogen (secondary N) is 2. The molecule has 2 saturated heterocycles. The van der Waals surface area contributed by atoms with E-state index in [1.54, 1.807) is 0 Å². The van der Waals surface area contributed by atoms with E-state index in [1.807, 2.05) is 4.90 Å². The molecule has 2 heterocycles. The molecule has 0 aliphatic carbocycles. The molecule has 3 atom stereocenters. The number of piperidine rings is 1. The van der Waals surface area contributed by atoms with Gasteiger partial charge in [0.05, 0.1) is 12.0 Å². The van der Waals surface area contributed by atoms with Crippen molar-refractivity contribution in [2.75, 3.05) is 19.6 Å². The molecule has 2 aliphatic rings. The van der Waals surface area contributed by atoms with Crippen LogP contribution in [0.2, 0.25) is 0 Å². The predicted octanol–water partition coefficient (Wildman–Crippen LogP) is 1.28. The van der Waals surface area contributed by atoms with Gasteiger partial charge in [-0.2, -0.15) is 0 Å². The van der Waals surface area contributed by atoms with E-state index in [0.717, 1.165) is 51.6 Å². The van der Waals surface area contributed by atoms with Crippen LogP contribution in [0.1, 0.15) is 52.4 Å². The minimum atomic E-state index is -0.0385. The maximum atomic E-state index is 12.4. The number of rotatable bonds is 5. The van der Waals surface area contributed by atoms with Crippen molar-refractivity contribution in [3.63, 3.8) is 0 Å². The lowest BCUT2D eigenvalue weighted by Gasteiger charge is -2.34. The highest BCUT2D eigenvalue weighted by Crippen LogP contribution is 2.19. The second-order valence-electron chi connectivity index (χ2n) is 6.47. The lowest BCUT2D eigenvalue weighted by molar-refractivity contribution is -0.137. The Morgan fingerprint density at radius 3 is 2.81 bits per heavy atom. The smallest absolute Gasteiger partial charge is 0.239 e. The topological polar surface area (TPSA) is 61.4 Å². The first-order valence-electron chi connectivity index (χ1n) is 8.44. The third-order valence-electron chi connectivity index (χ3n) is 4.57. The predicted molar refractivity (Wildman–Crippen MR) is 82.8 cm³/mol. The molecule has 2 aliphatic heterocycles. The molecular formula is C16H29N3O2. The summed E-state index contributed by atoms with van der Waals surface area (Å²) < 4.78 is 0. The van der Waals surface area contributed by atoms with Gasteiger partial charge in [-0.1, -0.05) is 13.3 Å². The quantitative estimate of drug-likeness (QED) is 0.803. The second kappa shape index (κ2) is 7.78. The summed E-state index contributed by atoms with van der Waals surface area (Å²) >= 11 is 0. The van der Waals surface area contributed by atoms with Crippen molar-refractivity contribution in [2.45, 2.75) is 64.5 Å². The molecule has 2 fully saturated rings. The van der Waals surface area contributed by atoms with Crippen LogP contribution in [-0.4, -0.2) is 48.4 Å². The highest BCUT2D eigenvalue weighted by atomic mass is 16.2. The van der Waals surface area contributed by atoms with Gasteiger partial charge in [0, 0.05) is 19.1 Å². The summed E-state index contributed by atoms with van der Waals surface area (Å²) in [5, 5.41) is 6.34. The van der Waals surface area contributed by atoms with Gasteiger partial charge >= 0.3 is 0 Å². The zero-order chi connectivity index (χ0) is 15.2. The lowest BCUT2D eigenvalue weighted by Crippen LogP contribution is -2.51. The first kappa shape index (κ1) is 16.3. The fraction of sp³-hybridized carbons (Fsp3) is 0.875. The van der Waals surface area contributed by atoms with E-state index in [1.165, 1.54) is 0 Å². The van der Waals surface area contributed by atoms with E-state index in [4.69, 9.17) is 0 Å². The monoisotopic (exact) mass is 295 g/mol. The SMILES string of the molecule is CCCC(C)NC(=O)C1CCCN(C(=O)C2CCCN2)C1. The molecule has 0 aromatic carbocycles. The van der Waals surface area contributed by atoms with Crippen LogP contribution >= 0.6 is 0 Å². The van der Waals surface area contributed by atoms with Crippen molar-refractivity contribution >= 4 is 11.8 Å². The van der Waals surface area contributed by atoms with Crippen molar-refractivity contribution in [3.8, 4) is 0 Å². The summed E-state index contributed by atoms with van der Waals surface area (Å²) in [6.45, 7) is 6.49. The summed E-state index contributed by atoms with van der Waals surface area (Å²) in [5.74, 6) is 0.267. The summed E-state index contributed by atoms with van der Waals surface area (Å²) in [5.41, 5.74) is 0. The summed E-state index contributed by atoms with van der Waals surface area (Å²) in [4.78, 5) is 26.6. The third-order valence-corrected chi connectivity index (χ3v) is 4.57. The molecule has 0 aromatic heterocycles. The Morgan fingerprint density at radius 1 is 1.33 bits per heavy atom. The number of hydrogen-bond donors (Lipinski definition) is 2. The maximum Gasteiger partial charge on any atom is 0.239 e. The Kier molecular flexibility index (Phi) is 6.03. The molecule has 0 spiro atoms. The molecule has 5 nitrogen and oxygen atoms in total. The first-order valence-corrected chi connectivity index (χ1v) is 8.44. The Bertz CT molecular complexity index is 367. The molecule has 3 unspecified atom stereocenters. The van der Waals surface area contributed by atoms with E-state index >= 15 is 0 Å². The summed E-state index contributed by atoms with van der Waals surface area (Å²) in [7, 11) is 0. The van der Waals surface area contributed by atoms with Crippen LogP contribution in [0, 0.1) is 5.92 Å². The van der Waals surface area contributed by atoms with Crippen molar-refractivity contribution < 1.29 is 9.59 Å². The Morgan fingerprint density at radius 2 is 2.14 bits per heavy atom. The molecule has 0 saturated carbocycles. The molecule has 2 amide bonds. The van der Waals surface area contributed by atoms with Crippen molar-refractivity contribution in [1.29, 1.82) is 0 Å². The van der Waals surface area contributed by atoms with Gasteiger partial charge in [-0.05, 0) is 45.6 Å².